The van der Waals surface area contributed by atoms with Crippen LogP contribution in [0.5, 0.6) is 0 Å². The third-order valence-corrected chi connectivity index (χ3v) is 4.89. The number of rotatable bonds is 6. The minimum atomic E-state index is -0.106. The van der Waals surface area contributed by atoms with E-state index in [-0.39, 0.29) is 41.9 Å². The van der Waals surface area contributed by atoms with Crippen molar-refractivity contribution in [3.8, 4) is 0 Å². The highest BCUT2D eigenvalue weighted by Gasteiger charge is 2.14. The zero-order valence-electron chi connectivity index (χ0n) is 17.7. The summed E-state index contributed by atoms with van der Waals surface area (Å²) in [5.74, 6) is -0.213. The summed E-state index contributed by atoms with van der Waals surface area (Å²) in [6.07, 6.45) is 5.34. The van der Waals surface area contributed by atoms with E-state index < -0.39 is 0 Å². The number of para-hydroxylation sites is 2. The molecule has 0 aliphatic heterocycles. The summed E-state index contributed by atoms with van der Waals surface area (Å²) in [7, 11) is 0. The van der Waals surface area contributed by atoms with Crippen LogP contribution in [0, 0.1) is 27.7 Å². The minimum Gasteiger partial charge on any atom is -1.00 e. The van der Waals surface area contributed by atoms with Gasteiger partial charge in [0.2, 0.25) is 6.33 Å². The number of imidazole rings is 1. The average molecular weight is 471 g/mol. The molecule has 0 spiro atoms. The number of aryl methyl sites for hydroxylation is 4. The van der Waals surface area contributed by atoms with Crippen LogP contribution < -0.4 is 32.2 Å². The van der Waals surface area contributed by atoms with Crippen LogP contribution in [-0.4, -0.2) is 16.4 Å². The fourth-order valence-corrected chi connectivity index (χ4v) is 3.34. The van der Waals surface area contributed by atoms with E-state index in [1.807, 2.05) is 64.1 Å². The largest absolute Gasteiger partial charge is 1.00 e. The Morgan fingerprint density at radius 2 is 1.30 bits per heavy atom. The number of nitrogens with zero attached hydrogens (tertiary/aromatic N) is 2. The lowest BCUT2D eigenvalue weighted by Crippen LogP contribution is -3.00. The van der Waals surface area contributed by atoms with Crippen molar-refractivity contribution >= 4 is 23.2 Å². The third-order valence-electron chi connectivity index (χ3n) is 4.89. The van der Waals surface area contributed by atoms with Gasteiger partial charge in [0, 0.05) is 11.4 Å². The molecule has 2 amide bonds. The first-order chi connectivity index (χ1) is 13.8. The molecule has 0 saturated carbocycles. The Kier molecular flexibility index (Phi) is 7.94. The van der Waals surface area contributed by atoms with Gasteiger partial charge >= 0.3 is 0 Å². The van der Waals surface area contributed by atoms with E-state index >= 15 is 0 Å². The third kappa shape index (κ3) is 5.79. The van der Waals surface area contributed by atoms with Crippen LogP contribution in [0.2, 0.25) is 0 Å². The zero-order chi connectivity index (χ0) is 21.0. The summed E-state index contributed by atoms with van der Waals surface area (Å²) in [5, 5.41) is 5.95. The number of carbonyl (C=O) groups is 2. The lowest BCUT2D eigenvalue weighted by atomic mass is 10.1. The van der Waals surface area contributed by atoms with Gasteiger partial charge in [-0.1, -0.05) is 36.4 Å². The second-order valence-corrected chi connectivity index (χ2v) is 7.39. The number of amides is 2. The predicted octanol–water partition coefficient (Wildman–Crippen LogP) is 0.291. The van der Waals surface area contributed by atoms with Crippen LogP contribution >= 0.6 is 0 Å². The van der Waals surface area contributed by atoms with Crippen LogP contribution in [0.15, 0.2) is 55.1 Å². The molecule has 0 radical (unpaired) electrons. The number of nitrogens with one attached hydrogen (secondary N) is 2. The van der Waals surface area contributed by atoms with Crippen molar-refractivity contribution in [3.63, 3.8) is 0 Å². The fourth-order valence-electron chi connectivity index (χ4n) is 3.34. The van der Waals surface area contributed by atoms with Crippen LogP contribution in [0.4, 0.5) is 11.4 Å². The van der Waals surface area contributed by atoms with Gasteiger partial charge in [0.15, 0.2) is 13.1 Å². The van der Waals surface area contributed by atoms with Crippen LogP contribution in [-0.2, 0) is 22.7 Å². The summed E-state index contributed by atoms with van der Waals surface area (Å²) < 4.78 is 3.52. The molecule has 1 heterocycles. The molecule has 0 atom stereocenters. The lowest BCUT2D eigenvalue weighted by molar-refractivity contribution is -0.683. The molecule has 3 aromatic rings. The molecule has 0 aliphatic rings. The summed E-state index contributed by atoms with van der Waals surface area (Å²) in [4.78, 5) is 24.8. The highest BCUT2D eigenvalue weighted by molar-refractivity contribution is 5.92. The molecule has 0 aliphatic carbocycles. The van der Waals surface area contributed by atoms with Gasteiger partial charge in [-0.15, -0.1) is 0 Å². The van der Waals surface area contributed by atoms with Gasteiger partial charge in [0.1, 0.15) is 12.4 Å². The molecule has 0 bridgehead atoms. The number of hydrogen-bond donors (Lipinski definition) is 2. The van der Waals surface area contributed by atoms with Crippen LogP contribution in [0.1, 0.15) is 22.3 Å². The van der Waals surface area contributed by atoms with E-state index in [0.717, 1.165) is 33.6 Å². The highest BCUT2D eigenvalue weighted by atomic mass is 79.9. The Bertz CT molecular complexity index is 937. The Morgan fingerprint density at radius 3 is 1.80 bits per heavy atom. The van der Waals surface area contributed by atoms with Crippen LogP contribution in [0.25, 0.3) is 0 Å². The molecule has 0 fully saturated rings. The number of carbonyl (C=O) groups excluding carboxylic acids is 2. The first-order valence-corrected chi connectivity index (χ1v) is 9.60. The van der Waals surface area contributed by atoms with E-state index in [4.69, 9.17) is 0 Å². The molecule has 7 heteroatoms. The molecule has 6 nitrogen and oxygen atoms in total. The van der Waals surface area contributed by atoms with Crippen molar-refractivity contribution in [2.45, 2.75) is 40.8 Å². The quantitative estimate of drug-likeness (QED) is 0.508. The summed E-state index contributed by atoms with van der Waals surface area (Å²) in [6.45, 7) is 8.25. The van der Waals surface area contributed by atoms with E-state index in [1.54, 1.807) is 27.9 Å². The van der Waals surface area contributed by atoms with Gasteiger partial charge < -0.3 is 27.6 Å². The Hall–Kier alpha value is -2.93. The van der Waals surface area contributed by atoms with E-state index in [2.05, 4.69) is 10.6 Å². The molecule has 158 valence electrons. The maximum absolute atomic E-state index is 12.4. The number of aromatic nitrogens is 2. The number of hydrogen-bond acceptors (Lipinski definition) is 2. The number of benzene rings is 2. The second-order valence-electron chi connectivity index (χ2n) is 7.39. The van der Waals surface area contributed by atoms with Crippen molar-refractivity contribution in [2.75, 3.05) is 10.6 Å². The Labute approximate surface area is 187 Å². The molecular formula is C23H27BrN4O2. The smallest absolute Gasteiger partial charge is 0.266 e. The first-order valence-electron chi connectivity index (χ1n) is 9.60. The van der Waals surface area contributed by atoms with E-state index in [9.17, 15) is 9.59 Å². The monoisotopic (exact) mass is 470 g/mol. The molecular weight excluding hydrogens is 444 g/mol. The van der Waals surface area contributed by atoms with Crippen LogP contribution in [0.3, 0.4) is 0 Å². The molecule has 2 aromatic carbocycles. The average Bonchev–Trinajstić information content (AvgIpc) is 3.08. The Morgan fingerprint density at radius 1 is 0.833 bits per heavy atom. The van der Waals surface area contributed by atoms with Gasteiger partial charge in [-0.3, -0.25) is 9.59 Å². The molecule has 1 aromatic heterocycles. The van der Waals surface area contributed by atoms with Crippen molar-refractivity contribution in [2.24, 2.45) is 0 Å². The van der Waals surface area contributed by atoms with Crippen molar-refractivity contribution in [1.82, 2.24) is 4.57 Å². The molecule has 3 rings (SSSR count). The Balaban J connectivity index is 0.00000320. The van der Waals surface area contributed by atoms with E-state index in [0.29, 0.717) is 0 Å². The molecule has 0 saturated heterocycles. The molecule has 30 heavy (non-hydrogen) atoms. The first kappa shape index (κ1) is 23.3. The SMILES string of the molecule is Cc1cccc(C)c1NC(=O)Cn1cc[n+](CC(=O)Nc2c(C)cccc2C)c1.[Br-]. The lowest BCUT2D eigenvalue weighted by Gasteiger charge is -2.10. The van der Waals surface area contributed by atoms with Gasteiger partial charge in [0.25, 0.3) is 11.8 Å². The standard InChI is InChI=1S/C23H26N4O2.BrH/c1-16-7-5-8-17(2)22(16)24-20(28)13-26-11-12-27(15-26)14-21(29)25-23-18(3)9-6-10-19(23)4;/h5-12,15H,13-14H2,1-4H3,(H-,24,25,28,29);1H. The van der Waals surface area contributed by atoms with E-state index in [1.165, 1.54) is 0 Å². The number of anilines is 2. The number of halogens is 1. The summed E-state index contributed by atoms with van der Waals surface area (Å²) in [5.41, 5.74) is 5.83. The van der Waals surface area contributed by atoms with Crippen molar-refractivity contribution < 1.29 is 31.1 Å². The highest BCUT2D eigenvalue weighted by Crippen LogP contribution is 2.20. The van der Waals surface area contributed by atoms with Crippen molar-refractivity contribution in [1.29, 1.82) is 0 Å². The minimum absolute atomic E-state index is 0. The topological polar surface area (TPSA) is 67.0 Å². The summed E-state index contributed by atoms with van der Waals surface area (Å²) >= 11 is 0. The van der Waals surface area contributed by atoms with Gasteiger partial charge in [-0.25, -0.2) is 9.13 Å². The van der Waals surface area contributed by atoms with Crippen molar-refractivity contribution in [3.05, 3.63) is 77.4 Å². The zero-order valence-corrected chi connectivity index (χ0v) is 19.3. The fraction of sp³-hybridized carbons (Fsp3) is 0.261. The maximum atomic E-state index is 12.4. The molecule has 0 unspecified atom stereocenters. The van der Waals surface area contributed by atoms with Gasteiger partial charge in [-0.2, -0.15) is 0 Å². The predicted molar refractivity (Wildman–Crippen MR) is 114 cm³/mol. The normalized spacial score (nSPS) is 10.3. The second kappa shape index (κ2) is 10.2. The summed E-state index contributed by atoms with van der Waals surface area (Å²) in [6, 6.07) is 11.8. The molecule has 2 N–H and O–H groups in total. The maximum Gasteiger partial charge on any atom is 0.266 e. The van der Waals surface area contributed by atoms with Gasteiger partial charge in [0.05, 0.1) is 0 Å². The van der Waals surface area contributed by atoms with Gasteiger partial charge in [-0.05, 0) is 49.9 Å².